The minimum Gasteiger partial charge on any atom is -0.484 e. The van der Waals surface area contributed by atoms with Gasteiger partial charge in [-0.3, -0.25) is 4.79 Å². The van der Waals surface area contributed by atoms with Gasteiger partial charge in [-0.1, -0.05) is 35.3 Å². The third kappa shape index (κ3) is 6.66. The lowest BCUT2D eigenvalue weighted by atomic mass is 10.1. The van der Waals surface area contributed by atoms with Crippen molar-refractivity contribution in [2.75, 3.05) is 18.5 Å². The highest BCUT2D eigenvalue weighted by Gasteiger charge is 2.13. The number of benzene rings is 2. The molecule has 0 saturated carbocycles. The Kier molecular flexibility index (Phi) is 7.76. The first-order valence-corrected chi connectivity index (χ1v) is 9.16. The molecule has 0 aliphatic carbocycles. The van der Waals surface area contributed by atoms with E-state index in [1.54, 1.807) is 42.5 Å². The van der Waals surface area contributed by atoms with Crippen LogP contribution in [0.25, 0.3) is 0 Å². The summed E-state index contributed by atoms with van der Waals surface area (Å²) in [5.41, 5.74) is 1.30. The van der Waals surface area contributed by atoms with Gasteiger partial charge in [-0.2, -0.15) is 0 Å². The van der Waals surface area contributed by atoms with E-state index >= 15 is 0 Å². The molecule has 1 atom stereocenters. The number of ether oxygens (including phenoxy) is 1. The van der Waals surface area contributed by atoms with Gasteiger partial charge >= 0.3 is 6.03 Å². The number of hydrogen-bond donors (Lipinski definition) is 3. The number of likely N-dealkylation sites (N-methyl/N-ethyl adjacent to an activating group) is 1. The van der Waals surface area contributed by atoms with Crippen LogP contribution < -0.4 is 20.7 Å². The van der Waals surface area contributed by atoms with Crippen LogP contribution in [0.15, 0.2) is 42.5 Å². The first-order chi connectivity index (χ1) is 12.9. The summed E-state index contributed by atoms with van der Waals surface area (Å²) in [5.74, 6) is 0.273. The fourth-order valence-corrected chi connectivity index (χ4v) is 2.93. The van der Waals surface area contributed by atoms with Crippen molar-refractivity contribution in [2.24, 2.45) is 0 Å². The van der Waals surface area contributed by atoms with Crippen molar-refractivity contribution in [2.45, 2.75) is 19.9 Å². The van der Waals surface area contributed by atoms with Crippen LogP contribution in [0.4, 0.5) is 10.5 Å². The maximum Gasteiger partial charge on any atom is 0.319 e. The Morgan fingerprint density at radius 3 is 2.63 bits per heavy atom. The molecule has 144 valence electrons. The Morgan fingerprint density at radius 2 is 1.93 bits per heavy atom. The highest BCUT2D eigenvalue weighted by Crippen LogP contribution is 2.26. The van der Waals surface area contributed by atoms with Gasteiger partial charge in [0.25, 0.3) is 5.91 Å². The smallest absolute Gasteiger partial charge is 0.319 e. The van der Waals surface area contributed by atoms with Gasteiger partial charge in [0.05, 0.1) is 6.04 Å². The molecule has 0 spiro atoms. The van der Waals surface area contributed by atoms with Crippen molar-refractivity contribution < 1.29 is 14.3 Å². The zero-order valence-electron chi connectivity index (χ0n) is 15.0. The number of carbonyl (C=O) groups excluding carboxylic acids is 2. The van der Waals surface area contributed by atoms with E-state index in [0.717, 1.165) is 5.56 Å². The molecule has 8 heteroatoms. The first-order valence-electron chi connectivity index (χ1n) is 8.41. The minimum absolute atomic E-state index is 0.0877. The molecule has 1 unspecified atom stereocenters. The average molecular weight is 410 g/mol. The summed E-state index contributed by atoms with van der Waals surface area (Å²) in [4.78, 5) is 23.7. The van der Waals surface area contributed by atoms with Crippen LogP contribution in [-0.2, 0) is 4.79 Å². The molecular weight excluding hydrogens is 389 g/mol. The Balaban J connectivity index is 1.93. The van der Waals surface area contributed by atoms with Crippen molar-refractivity contribution in [1.82, 2.24) is 10.6 Å². The van der Waals surface area contributed by atoms with E-state index in [1.807, 2.05) is 13.8 Å². The van der Waals surface area contributed by atoms with Gasteiger partial charge in [-0.25, -0.2) is 4.79 Å². The molecule has 0 aromatic heterocycles. The largest absolute Gasteiger partial charge is 0.484 e. The van der Waals surface area contributed by atoms with E-state index in [0.29, 0.717) is 28.0 Å². The van der Waals surface area contributed by atoms with Gasteiger partial charge in [0.1, 0.15) is 5.75 Å². The highest BCUT2D eigenvalue weighted by atomic mass is 35.5. The summed E-state index contributed by atoms with van der Waals surface area (Å²) in [5, 5.41) is 9.20. The second kappa shape index (κ2) is 10.0. The van der Waals surface area contributed by atoms with Crippen LogP contribution in [0.1, 0.15) is 25.5 Å². The molecule has 3 amide bonds. The summed E-state index contributed by atoms with van der Waals surface area (Å²) in [6.07, 6.45) is 0. The summed E-state index contributed by atoms with van der Waals surface area (Å²) < 4.78 is 5.41. The summed E-state index contributed by atoms with van der Waals surface area (Å²) >= 11 is 12.1. The normalized spacial score (nSPS) is 11.4. The van der Waals surface area contributed by atoms with Gasteiger partial charge in [-0.15, -0.1) is 0 Å². The van der Waals surface area contributed by atoms with Crippen molar-refractivity contribution in [1.29, 1.82) is 0 Å². The quantitative estimate of drug-likeness (QED) is 0.634. The Labute approximate surface area is 168 Å². The Morgan fingerprint density at radius 1 is 1.15 bits per heavy atom. The van der Waals surface area contributed by atoms with Gasteiger partial charge in [0.2, 0.25) is 0 Å². The van der Waals surface area contributed by atoms with Crippen molar-refractivity contribution >= 4 is 40.8 Å². The SMILES string of the molecule is CCNC(=O)COc1cccc(NC(=O)NC(C)c2ccc(Cl)cc2Cl)c1. The van der Waals surface area contributed by atoms with Crippen LogP contribution in [0, 0.1) is 0 Å². The predicted molar refractivity (Wildman–Crippen MR) is 108 cm³/mol. The molecule has 27 heavy (non-hydrogen) atoms. The number of hydrogen-bond acceptors (Lipinski definition) is 3. The molecular formula is C19H21Cl2N3O3. The molecule has 2 aromatic rings. The molecule has 0 fully saturated rings. The van der Waals surface area contributed by atoms with Crippen LogP contribution in [0.3, 0.4) is 0 Å². The van der Waals surface area contributed by atoms with Crippen molar-refractivity contribution in [3.8, 4) is 5.75 Å². The number of amides is 3. The van der Waals surface area contributed by atoms with Gasteiger partial charge in [-0.05, 0) is 43.7 Å². The molecule has 0 radical (unpaired) electrons. The maximum atomic E-state index is 12.2. The molecule has 0 bridgehead atoms. The zero-order valence-corrected chi connectivity index (χ0v) is 16.5. The number of nitrogens with one attached hydrogen (secondary N) is 3. The number of urea groups is 1. The lowest BCUT2D eigenvalue weighted by molar-refractivity contribution is -0.122. The second-order valence-corrected chi connectivity index (χ2v) is 6.60. The van der Waals surface area contributed by atoms with Gasteiger partial charge < -0.3 is 20.7 Å². The van der Waals surface area contributed by atoms with Gasteiger partial charge in [0, 0.05) is 28.3 Å². The van der Waals surface area contributed by atoms with Crippen LogP contribution >= 0.6 is 23.2 Å². The monoisotopic (exact) mass is 409 g/mol. The molecule has 2 aromatic carbocycles. The first kappa shape index (κ1) is 20.9. The van der Waals surface area contributed by atoms with E-state index in [4.69, 9.17) is 27.9 Å². The molecule has 0 heterocycles. The van der Waals surface area contributed by atoms with Crippen molar-refractivity contribution in [3.63, 3.8) is 0 Å². The van der Waals surface area contributed by atoms with E-state index < -0.39 is 6.03 Å². The molecule has 0 saturated heterocycles. The second-order valence-electron chi connectivity index (χ2n) is 5.76. The Bertz CT molecular complexity index is 815. The number of rotatable bonds is 7. The molecule has 0 aliphatic heterocycles. The van der Waals surface area contributed by atoms with E-state index in [2.05, 4.69) is 16.0 Å². The standard InChI is InChI=1S/C19H21Cl2N3O3/c1-3-22-18(25)11-27-15-6-4-5-14(10-15)24-19(26)23-12(2)16-8-7-13(20)9-17(16)21/h4-10,12H,3,11H2,1-2H3,(H,22,25)(H2,23,24,26). The van der Waals surface area contributed by atoms with Crippen LogP contribution in [0.2, 0.25) is 10.0 Å². The highest BCUT2D eigenvalue weighted by molar-refractivity contribution is 6.35. The molecule has 2 rings (SSSR count). The summed E-state index contributed by atoms with van der Waals surface area (Å²) in [6.45, 7) is 4.11. The molecule has 3 N–H and O–H groups in total. The zero-order chi connectivity index (χ0) is 19.8. The number of carbonyl (C=O) groups is 2. The van der Waals surface area contributed by atoms with Crippen molar-refractivity contribution in [3.05, 3.63) is 58.1 Å². The third-order valence-electron chi connectivity index (χ3n) is 3.61. The van der Waals surface area contributed by atoms with Crippen LogP contribution in [-0.4, -0.2) is 25.1 Å². The predicted octanol–water partition coefficient (Wildman–Crippen LogP) is 4.39. The lowest BCUT2D eigenvalue weighted by Crippen LogP contribution is -2.31. The minimum atomic E-state index is -0.394. The summed E-state index contributed by atoms with van der Waals surface area (Å²) in [6, 6.07) is 11.2. The third-order valence-corrected chi connectivity index (χ3v) is 4.17. The lowest BCUT2D eigenvalue weighted by Gasteiger charge is -2.17. The number of anilines is 1. The topological polar surface area (TPSA) is 79.5 Å². The van der Waals surface area contributed by atoms with E-state index in [1.165, 1.54) is 0 Å². The average Bonchev–Trinajstić information content (AvgIpc) is 2.60. The van der Waals surface area contributed by atoms with Gasteiger partial charge in [0.15, 0.2) is 6.61 Å². The van der Waals surface area contributed by atoms with Crippen LogP contribution in [0.5, 0.6) is 5.75 Å². The molecule has 0 aliphatic rings. The maximum absolute atomic E-state index is 12.2. The molecule has 6 nitrogen and oxygen atoms in total. The van der Waals surface area contributed by atoms with E-state index in [9.17, 15) is 9.59 Å². The summed E-state index contributed by atoms with van der Waals surface area (Å²) in [7, 11) is 0. The Hall–Kier alpha value is -2.44. The fourth-order valence-electron chi connectivity index (χ4n) is 2.35. The van der Waals surface area contributed by atoms with E-state index in [-0.39, 0.29) is 18.6 Å². The fraction of sp³-hybridized carbons (Fsp3) is 0.263. The number of halogens is 2.